The summed E-state index contributed by atoms with van der Waals surface area (Å²) in [6.07, 6.45) is 0.915. The zero-order valence-electron chi connectivity index (χ0n) is 14.5. The highest BCUT2D eigenvalue weighted by Gasteiger charge is 2.80. The molecule has 0 aromatic carbocycles. The lowest BCUT2D eigenvalue weighted by molar-refractivity contribution is -0.324. The van der Waals surface area contributed by atoms with Crippen LogP contribution in [0.4, 0.5) is 0 Å². The number of ether oxygens (including phenoxy) is 2. The van der Waals surface area contributed by atoms with Crippen LogP contribution in [0, 0.1) is 29.6 Å². The molecule has 3 saturated heterocycles. The summed E-state index contributed by atoms with van der Waals surface area (Å²) >= 11 is 0. The lowest BCUT2D eigenvalue weighted by Gasteiger charge is -2.52. The zero-order valence-corrected chi connectivity index (χ0v) is 14.5. The van der Waals surface area contributed by atoms with Crippen molar-refractivity contribution in [3.05, 3.63) is 12.2 Å². The van der Waals surface area contributed by atoms with Gasteiger partial charge in [-0.3, -0.25) is 9.59 Å². The predicted molar refractivity (Wildman–Crippen MR) is 85.0 cm³/mol. The first-order valence-corrected chi connectivity index (χ1v) is 9.13. The van der Waals surface area contributed by atoms with Crippen molar-refractivity contribution in [3.8, 4) is 0 Å². The Morgan fingerprint density at radius 2 is 1.96 bits per heavy atom. The molecule has 6 nitrogen and oxygen atoms in total. The third kappa shape index (κ3) is 1.71. The van der Waals surface area contributed by atoms with Gasteiger partial charge in [-0.15, -0.1) is 0 Å². The van der Waals surface area contributed by atoms with Crippen molar-refractivity contribution >= 4 is 11.8 Å². The number of carbonyl (C=O) groups is 2. The molecule has 5 fully saturated rings. The Bertz CT molecular complexity index is 713. The molecule has 0 aromatic rings. The molecule has 9 atom stereocenters. The lowest BCUT2D eigenvalue weighted by Crippen LogP contribution is -2.63. The van der Waals surface area contributed by atoms with E-state index in [1.165, 1.54) is 0 Å². The molecule has 2 saturated carbocycles. The Kier molecular flexibility index (Phi) is 2.78. The molecule has 6 heteroatoms. The van der Waals surface area contributed by atoms with E-state index in [0.29, 0.717) is 19.3 Å². The van der Waals surface area contributed by atoms with Crippen LogP contribution < -0.4 is 0 Å². The molecule has 0 aromatic heterocycles. The zero-order chi connectivity index (χ0) is 17.9. The third-order valence-corrected chi connectivity index (χ3v) is 7.57. The fourth-order valence-electron chi connectivity index (χ4n) is 6.78. The van der Waals surface area contributed by atoms with Crippen molar-refractivity contribution in [2.24, 2.45) is 29.6 Å². The summed E-state index contributed by atoms with van der Waals surface area (Å²) in [5.41, 5.74) is -1.32. The fourth-order valence-corrected chi connectivity index (χ4v) is 6.78. The average molecular weight is 348 g/mol. The molecule has 2 bridgehead atoms. The fraction of sp³-hybridized carbons (Fsp3) is 0.789. The van der Waals surface area contributed by atoms with E-state index in [1.54, 1.807) is 6.92 Å². The van der Waals surface area contributed by atoms with E-state index in [4.69, 9.17) is 9.47 Å². The SMILES string of the molecule is C=C(C)[C@@H]1CC(=O)[C@H]2C[C@@]3(O)O[C@]2(C1)[C@@H]1C(=O)O[C@@H]2C[C@](C)(O)[C@H]3[C@H]12. The molecule has 2 N–H and O–H groups in total. The van der Waals surface area contributed by atoms with Crippen LogP contribution in [0.3, 0.4) is 0 Å². The van der Waals surface area contributed by atoms with E-state index < -0.39 is 40.8 Å². The van der Waals surface area contributed by atoms with Crippen molar-refractivity contribution in [1.82, 2.24) is 0 Å². The van der Waals surface area contributed by atoms with Gasteiger partial charge >= 0.3 is 5.97 Å². The standard InChI is InChI=1S/C19H24O6/c1-8(2)9-4-11(20)10-6-19(23)15-13-12(7-17(15,3)22)24-16(21)14(13)18(10,5-9)25-19/h9-10,12-15,22-23H,1,4-7H2,2-3H3/t9-,10-,12-,13+,14+,15-,17+,18+,19-/m1/s1. The van der Waals surface area contributed by atoms with Crippen molar-refractivity contribution in [1.29, 1.82) is 0 Å². The monoisotopic (exact) mass is 348 g/mol. The van der Waals surface area contributed by atoms with Gasteiger partial charge in [-0.05, 0) is 26.2 Å². The van der Waals surface area contributed by atoms with E-state index in [1.807, 2.05) is 6.92 Å². The number of rotatable bonds is 1. The van der Waals surface area contributed by atoms with Gasteiger partial charge < -0.3 is 19.7 Å². The summed E-state index contributed by atoms with van der Waals surface area (Å²) < 4.78 is 11.8. The number of carbonyl (C=O) groups excluding carboxylic acids is 2. The number of hydrogen-bond acceptors (Lipinski definition) is 6. The highest BCUT2D eigenvalue weighted by molar-refractivity contribution is 5.87. The number of ketones is 1. The third-order valence-electron chi connectivity index (χ3n) is 7.57. The van der Waals surface area contributed by atoms with Crippen molar-refractivity contribution in [3.63, 3.8) is 0 Å². The summed E-state index contributed by atoms with van der Waals surface area (Å²) in [5.74, 6) is -4.02. The van der Waals surface area contributed by atoms with E-state index in [-0.39, 0.29) is 30.0 Å². The first-order valence-electron chi connectivity index (χ1n) is 9.13. The van der Waals surface area contributed by atoms with Gasteiger partial charge in [0.05, 0.1) is 23.0 Å². The van der Waals surface area contributed by atoms with Crippen molar-refractivity contribution < 1.29 is 29.3 Å². The minimum absolute atomic E-state index is 0.0195. The quantitative estimate of drug-likeness (QED) is 0.541. The predicted octanol–water partition coefficient (Wildman–Crippen LogP) is 0.948. The number of allylic oxidation sites excluding steroid dienone is 1. The molecule has 136 valence electrons. The van der Waals surface area contributed by atoms with Crippen LogP contribution in [-0.2, 0) is 19.1 Å². The highest BCUT2D eigenvalue weighted by atomic mass is 16.7. The minimum atomic E-state index is -1.59. The second-order valence-corrected chi connectivity index (χ2v) is 9.15. The van der Waals surface area contributed by atoms with Gasteiger partial charge in [0, 0.05) is 31.1 Å². The van der Waals surface area contributed by atoms with Gasteiger partial charge in [-0.2, -0.15) is 0 Å². The van der Waals surface area contributed by atoms with Crippen LogP contribution in [0.15, 0.2) is 12.2 Å². The normalized spacial score (nSPS) is 58.7. The number of Topliss-reactive ketones (excluding diaryl/α,β-unsaturated/α-hetero) is 1. The Hall–Kier alpha value is -1.24. The van der Waals surface area contributed by atoms with Gasteiger partial charge in [-0.25, -0.2) is 0 Å². The van der Waals surface area contributed by atoms with Crippen LogP contribution >= 0.6 is 0 Å². The summed E-state index contributed by atoms with van der Waals surface area (Å²) in [7, 11) is 0. The first kappa shape index (κ1) is 16.0. The second kappa shape index (κ2) is 4.35. The van der Waals surface area contributed by atoms with Gasteiger partial charge in [0.15, 0.2) is 5.79 Å². The molecule has 0 amide bonds. The molecule has 0 radical (unpaired) electrons. The van der Waals surface area contributed by atoms with Gasteiger partial charge in [0.1, 0.15) is 11.9 Å². The van der Waals surface area contributed by atoms with Crippen LogP contribution in [0.2, 0.25) is 0 Å². The molecule has 2 aliphatic carbocycles. The highest BCUT2D eigenvalue weighted by Crippen LogP contribution is 2.69. The van der Waals surface area contributed by atoms with Crippen LogP contribution in [0.1, 0.15) is 39.5 Å². The molecule has 25 heavy (non-hydrogen) atoms. The summed E-state index contributed by atoms with van der Waals surface area (Å²) in [6.45, 7) is 7.54. The summed E-state index contributed by atoms with van der Waals surface area (Å²) in [4.78, 5) is 25.6. The summed E-state index contributed by atoms with van der Waals surface area (Å²) in [5, 5.41) is 22.2. The molecular weight excluding hydrogens is 324 g/mol. The topological polar surface area (TPSA) is 93.1 Å². The largest absolute Gasteiger partial charge is 0.462 e. The van der Waals surface area contributed by atoms with Crippen LogP contribution in [-0.4, -0.2) is 45.1 Å². The van der Waals surface area contributed by atoms with E-state index in [0.717, 1.165) is 5.57 Å². The maximum Gasteiger partial charge on any atom is 0.312 e. The Labute approximate surface area is 146 Å². The number of esters is 1. The van der Waals surface area contributed by atoms with E-state index in [2.05, 4.69) is 6.58 Å². The van der Waals surface area contributed by atoms with E-state index >= 15 is 0 Å². The average Bonchev–Trinajstić information content (AvgIpc) is 3.00. The van der Waals surface area contributed by atoms with Gasteiger partial charge in [-0.1, -0.05) is 12.2 Å². The smallest absolute Gasteiger partial charge is 0.312 e. The first-order chi connectivity index (χ1) is 11.6. The summed E-state index contributed by atoms with van der Waals surface area (Å²) in [6, 6.07) is 0. The number of hydrogen-bond donors (Lipinski definition) is 2. The molecule has 5 rings (SSSR count). The maximum absolute atomic E-state index is 12.9. The Morgan fingerprint density at radius 3 is 2.64 bits per heavy atom. The Balaban J connectivity index is 1.68. The Morgan fingerprint density at radius 1 is 1.24 bits per heavy atom. The molecule has 3 heterocycles. The molecule has 0 unspecified atom stereocenters. The maximum atomic E-state index is 12.9. The molecule has 5 aliphatic rings. The van der Waals surface area contributed by atoms with Gasteiger partial charge in [0.2, 0.25) is 0 Å². The van der Waals surface area contributed by atoms with Crippen LogP contribution in [0.5, 0.6) is 0 Å². The van der Waals surface area contributed by atoms with Crippen molar-refractivity contribution in [2.45, 2.75) is 62.6 Å². The molecule has 3 aliphatic heterocycles. The lowest BCUT2D eigenvalue weighted by atomic mass is 9.61. The van der Waals surface area contributed by atoms with E-state index in [9.17, 15) is 19.8 Å². The van der Waals surface area contributed by atoms with Crippen LogP contribution in [0.25, 0.3) is 0 Å². The van der Waals surface area contributed by atoms with Gasteiger partial charge in [0.25, 0.3) is 0 Å². The minimum Gasteiger partial charge on any atom is -0.462 e. The molecule has 1 spiro atoms. The van der Waals surface area contributed by atoms with Crippen molar-refractivity contribution in [2.75, 3.05) is 0 Å². The number of aliphatic hydroxyl groups is 2. The molecular formula is C19H24O6. The number of fused-ring (bicyclic) bond motifs is 2. The second-order valence-electron chi connectivity index (χ2n) is 9.15.